The average molecular weight is 313 g/mol. The second-order valence-electron chi connectivity index (χ2n) is 6.18. The maximum atomic E-state index is 5.58. The molecule has 2 aliphatic heterocycles. The molecule has 3 heterocycles. The Balaban J connectivity index is 1.79. The molecule has 1 aromatic heterocycles. The summed E-state index contributed by atoms with van der Waals surface area (Å²) in [6.07, 6.45) is 6.85. The van der Waals surface area contributed by atoms with Crippen molar-refractivity contribution < 1.29 is 4.74 Å². The highest BCUT2D eigenvalue weighted by atomic mass is 16.5. The number of nitrogens with one attached hydrogen (secondary N) is 1. The number of piperidine rings is 1. The molecule has 1 unspecified atom stereocenters. The number of aromatic nitrogens is 2. The lowest BCUT2D eigenvalue weighted by Gasteiger charge is -2.41. The summed E-state index contributed by atoms with van der Waals surface area (Å²) in [4.78, 5) is 11.5. The fourth-order valence-electron chi connectivity index (χ4n) is 3.74. The van der Waals surface area contributed by atoms with E-state index in [-0.39, 0.29) is 0 Å². The molecule has 2 aromatic rings. The summed E-state index contributed by atoms with van der Waals surface area (Å²) < 4.78 is 5.58. The van der Waals surface area contributed by atoms with Gasteiger partial charge in [0.2, 0.25) is 0 Å². The van der Waals surface area contributed by atoms with Gasteiger partial charge in [-0.2, -0.15) is 0 Å². The topological polar surface area (TPSA) is 53.5 Å². The van der Waals surface area contributed by atoms with Crippen LogP contribution in [-0.4, -0.2) is 47.9 Å². The minimum Gasteiger partial charge on any atom is -0.496 e. The van der Waals surface area contributed by atoms with E-state index >= 15 is 0 Å². The molecule has 1 N–H and O–H groups in total. The van der Waals surface area contributed by atoms with Crippen molar-refractivity contribution in [1.82, 2.24) is 20.4 Å². The van der Waals surface area contributed by atoms with Crippen molar-refractivity contribution in [2.45, 2.75) is 31.8 Å². The lowest BCUT2D eigenvalue weighted by molar-refractivity contribution is 0.144. The monoisotopic (exact) mass is 313 g/mol. The van der Waals surface area contributed by atoms with E-state index in [1.54, 1.807) is 13.4 Å². The molecule has 122 valence electrons. The zero-order valence-electron chi connectivity index (χ0n) is 13.5. The van der Waals surface area contributed by atoms with Gasteiger partial charge in [-0.3, -0.25) is 5.43 Å². The SMILES string of the molecule is COc1cccc2ncnc(N3CCCCC3N3CCCN3)c12. The van der Waals surface area contributed by atoms with Crippen molar-refractivity contribution in [2.24, 2.45) is 0 Å². The van der Waals surface area contributed by atoms with Gasteiger partial charge < -0.3 is 9.64 Å². The predicted octanol–water partition coefficient (Wildman–Crippen LogP) is 2.17. The molecule has 1 atom stereocenters. The second kappa shape index (κ2) is 6.29. The van der Waals surface area contributed by atoms with Gasteiger partial charge in [0.25, 0.3) is 0 Å². The van der Waals surface area contributed by atoms with Crippen LogP contribution in [0.2, 0.25) is 0 Å². The van der Waals surface area contributed by atoms with Gasteiger partial charge in [-0.1, -0.05) is 6.07 Å². The van der Waals surface area contributed by atoms with Crippen molar-refractivity contribution >= 4 is 16.7 Å². The molecule has 0 spiro atoms. The maximum absolute atomic E-state index is 5.58. The molecule has 2 aliphatic rings. The predicted molar refractivity (Wildman–Crippen MR) is 90.4 cm³/mol. The van der Waals surface area contributed by atoms with E-state index in [2.05, 4.69) is 25.3 Å². The molecule has 6 nitrogen and oxygen atoms in total. The summed E-state index contributed by atoms with van der Waals surface area (Å²) in [6.45, 7) is 3.19. The normalized spacial score (nSPS) is 22.7. The van der Waals surface area contributed by atoms with Crippen molar-refractivity contribution in [1.29, 1.82) is 0 Å². The van der Waals surface area contributed by atoms with E-state index < -0.39 is 0 Å². The third-order valence-corrected chi connectivity index (χ3v) is 4.82. The number of ether oxygens (including phenoxy) is 1. The van der Waals surface area contributed by atoms with E-state index in [4.69, 9.17) is 4.74 Å². The molecule has 0 radical (unpaired) electrons. The molecule has 1 aromatic carbocycles. The second-order valence-corrected chi connectivity index (χ2v) is 6.18. The Morgan fingerprint density at radius 3 is 2.96 bits per heavy atom. The molecular formula is C17H23N5O. The molecule has 2 saturated heterocycles. The first-order valence-corrected chi connectivity index (χ1v) is 8.43. The highest BCUT2D eigenvalue weighted by Gasteiger charge is 2.32. The highest BCUT2D eigenvalue weighted by molar-refractivity contribution is 5.94. The number of anilines is 1. The number of methoxy groups -OCH3 is 1. The van der Waals surface area contributed by atoms with Crippen LogP contribution in [0.5, 0.6) is 5.75 Å². The lowest BCUT2D eigenvalue weighted by atomic mass is 10.1. The third-order valence-electron chi connectivity index (χ3n) is 4.82. The molecular weight excluding hydrogens is 290 g/mol. The number of fused-ring (bicyclic) bond motifs is 1. The highest BCUT2D eigenvalue weighted by Crippen LogP contribution is 2.35. The largest absolute Gasteiger partial charge is 0.496 e. The van der Waals surface area contributed by atoms with Gasteiger partial charge >= 0.3 is 0 Å². The first-order chi connectivity index (χ1) is 11.4. The van der Waals surface area contributed by atoms with E-state index in [1.807, 2.05) is 18.2 Å². The van der Waals surface area contributed by atoms with Crippen molar-refractivity contribution in [2.75, 3.05) is 31.6 Å². The van der Waals surface area contributed by atoms with Crippen LogP contribution in [0.25, 0.3) is 10.9 Å². The summed E-state index contributed by atoms with van der Waals surface area (Å²) >= 11 is 0. The van der Waals surface area contributed by atoms with Gasteiger partial charge in [0.05, 0.1) is 24.2 Å². The quantitative estimate of drug-likeness (QED) is 0.937. The zero-order chi connectivity index (χ0) is 15.6. The number of hydrogen-bond donors (Lipinski definition) is 1. The Labute approximate surface area is 136 Å². The Hall–Kier alpha value is -1.92. The zero-order valence-corrected chi connectivity index (χ0v) is 13.5. The number of nitrogens with zero attached hydrogens (tertiary/aromatic N) is 4. The number of benzene rings is 1. The third kappa shape index (κ3) is 2.62. The molecule has 23 heavy (non-hydrogen) atoms. The maximum Gasteiger partial charge on any atom is 0.144 e. The number of hydrogen-bond acceptors (Lipinski definition) is 6. The van der Waals surface area contributed by atoms with E-state index in [1.165, 1.54) is 19.3 Å². The van der Waals surface area contributed by atoms with Gasteiger partial charge in [-0.15, -0.1) is 0 Å². The summed E-state index contributed by atoms with van der Waals surface area (Å²) in [7, 11) is 1.71. The lowest BCUT2D eigenvalue weighted by Crippen LogP contribution is -2.54. The van der Waals surface area contributed by atoms with Crippen molar-refractivity contribution in [3.05, 3.63) is 24.5 Å². The van der Waals surface area contributed by atoms with Crippen LogP contribution in [0.3, 0.4) is 0 Å². The van der Waals surface area contributed by atoms with Crippen LogP contribution in [0.1, 0.15) is 25.7 Å². The minimum absolute atomic E-state index is 0.356. The summed E-state index contributed by atoms with van der Waals surface area (Å²) in [5.41, 5.74) is 4.46. The fourth-order valence-corrected chi connectivity index (χ4v) is 3.74. The molecule has 0 amide bonds. The van der Waals surface area contributed by atoms with Gasteiger partial charge in [0.1, 0.15) is 17.9 Å². The first kappa shape index (κ1) is 14.7. The van der Waals surface area contributed by atoms with Crippen LogP contribution in [-0.2, 0) is 0 Å². The molecule has 4 rings (SSSR count). The van der Waals surface area contributed by atoms with Crippen LogP contribution in [0.15, 0.2) is 24.5 Å². The first-order valence-electron chi connectivity index (χ1n) is 8.43. The number of rotatable bonds is 3. The minimum atomic E-state index is 0.356. The molecule has 0 aliphatic carbocycles. The molecule has 2 fully saturated rings. The van der Waals surface area contributed by atoms with Crippen LogP contribution >= 0.6 is 0 Å². The Morgan fingerprint density at radius 1 is 1.17 bits per heavy atom. The Kier molecular flexibility index (Phi) is 4.01. The number of hydrazine groups is 1. The van der Waals surface area contributed by atoms with E-state index in [0.717, 1.165) is 48.5 Å². The molecule has 0 saturated carbocycles. The summed E-state index contributed by atoms with van der Waals surface area (Å²) in [6, 6.07) is 5.99. The van der Waals surface area contributed by atoms with Gasteiger partial charge in [-0.25, -0.2) is 15.0 Å². The standard InChI is InChI=1S/C17H23N5O/c1-23-14-7-4-6-13-16(14)17(19-12-18-13)21-10-3-2-8-15(21)22-11-5-9-20-22/h4,6-7,12,15,20H,2-3,5,8-11H2,1H3. The summed E-state index contributed by atoms with van der Waals surface area (Å²) in [5, 5.41) is 3.39. The van der Waals surface area contributed by atoms with Gasteiger partial charge in [0.15, 0.2) is 0 Å². The van der Waals surface area contributed by atoms with E-state index in [9.17, 15) is 0 Å². The Bertz CT molecular complexity index is 680. The van der Waals surface area contributed by atoms with Crippen LogP contribution < -0.4 is 15.1 Å². The smallest absolute Gasteiger partial charge is 0.144 e. The fraction of sp³-hybridized carbons (Fsp3) is 0.529. The van der Waals surface area contributed by atoms with Crippen LogP contribution in [0, 0.1) is 0 Å². The Morgan fingerprint density at radius 2 is 2.13 bits per heavy atom. The van der Waals surface area contributed by atoms with Crippen LogP contribution in [0.4, 0.5) is 5.82 Å². The van der Waals surface area contributed by atoms with E-state index in [0.29, 0.717) is 6.17 Å². The molecule has 0 bridgehead atoms. The van der Waals surface area contributed by atoms with Crippen molar-refractivity contribution in [3.63, 3.8) is 0 Å². The summed E-state index contributed by atoms with van der Waals surface area (Å²) in [5.74, 6) is 1.84. The van der Waals surface area contributed by atoms with Crippen molar-refractivity contribution in [3.8, 4) is 5.75 Å². The van der Waals surface area contributed by atoms with Gasteiger partial charge in [0, 0.05) is 19.6 Å². The average Bonchev–Trinajstić information content (AvgIpc) is 3.15. The van der Waals surface area contributed by atoms with Gasteiger partial charge in [-0.05, 0) is 37.8 Å². The molecule has 6 heteroatoms.